The zero-order chi connectivity index (χ0) is 15.3. The molecule has 1 N–H and O–H groups in total. The Hall–Kier alpha value is -1.71. The van der Waals surface area contributed by atoms with Crippen LogP contribution in [0.2, 0.25) is 0 Å². The molecule has 0 aromatic heterocycles. The van der Waals surface area contributed by atoms with Crippen LogP contribution in [-0.4, -0.2) is 31.8 Å². The lowest BCUT2D eigenvalue weighted by Crippen LogP contribution is -2.41. The molecule has 1 fully saturated rings. The molecule has 0 radical (unpaired) electrons. The maximum atomic E-state index is 11.9. The molecule has 4 nitrogen and oxygen atoms in total. The van der Waals surface area contributed by atoms with E-state index in [0.29, 0.717) is 6.54 Å². The first-order valence-electron chi connectivity index (χ1n) is 7.66. The molecular weight excluding hydrogens is 266 g/mol. The van der Waals surface area contributed by atoms with Crippen molar-refractivity contribution in [1.82, 2.24) is 0 Å². The van der Waals surface area contributed by atoms with Crippen LogP contribution in [0, 0.1) is 5.41 Å². The van der Waals surface area contributed by atoms with Crippen LogP contribution in [0.1, 0.15) is 38.5 Å². The normalized spacial score (nSPS) is 17.8. The van der Waals surface area contributed by atoms with Crippen LogP contribution in [-0.2, 0) is 4.79 Å². The Morgan fingerprint density at radius 2 is 1.95 bits per heavy atom. The molecule has 4 heteroatoms. The molecule has 0 unspecified atom stereocenters. The van der Waals surface area contributed by atoms with Gasteiger partial charge in [0.15, 0.2) is 0 Å². The van der Waals surface area contributed by atoms with E-state index in [1.807, 2.05) is 36.2 Å². The van der Waals surface area contributed by atoms with E-state index in [4.69, 9.17) is 4.74 Å². The van der Waals surface area contributed by atoms with Gasteiger partial charge in [-0.1, -0.05) is 31.7 Å². The van der Waals surface area contributed by atoms with E-state index >= 15 is 0 Å². The third kappa shape index (κ3) is 3.69. The largest absolute Gasteiger partial charge is 0.497 e. The maximum Gasteiger partial charge on any atom is 0.311 e. The number of nitrogens with zero attached hydrogens (tertiary/aromatic N) is 1. The summed E-state index contributed by atoms with van der Waals surface area (Å²) in [5.74, 6) is 0.142. The van der Waals surface area contributed by atoms with E-state index in [1.165, 1.54) is 0 Å². The summed E-state index contributed by atoms with van der Waals surface area (Å²) >= 11 is 0. The molecule has 21 heavy (non-hydrogen) atoms. The van der Waals surface area contributed by atoms with Crippen LogP contribution >= 0.6 is 0 Å². The lowest BCUT2D eigenvalue weighted by molar-refractivity contribution is -0.149. The number of carbonyl (C=O) groups is 1. The van der Waals surface area contributed by atoms with Gasteiger partial charge in [0.1, 0.15) is 5.75 Å². The molecule has 0 saturated heterocycles. The Morgan fingerprint density at radius 3 is 2.52 bits per heavy atom. The van der Waals surface area contributed by atoms with Gasteiger partial charge in [-0.05, 0) is 25.0 Å². The minimum absolute atomic E-state index is 0.551. The van der Waals surface area contributed by atoms with Gasteiger partial charge >= 0.3 is 5.97 Å². The SMILES string of the molecule is COc1cccc(N(C)CC2(C(=O)O)CCCCCC2)c1. The number of ether oxygens (including phenoxy) is 1. The van der Waals surface area contributed by atoms with Crippen LogP contribution < -0.4 is 9.64 Å². The van der Waals surface area contributed by atoms with Gasteiger partial charge in [0.05, 0.1) is 12.5 Å². The molecule has 0 amide bonds. The minimum atomic E-state index is -0.654. The summed E-state index contributed by atoms with van der Waals surface area (Å²) in [5.41, 5.74) is 0.383. The Kier molecular flexibility index (Phi) is 5.10. The van der Waals surface area contributed by atoms with Crippen LogP contribution in [0.25, 0.3) is 0 Å². The van der Waals surface area contributed by atoms with E-state index < -0.39 is 11.4 Å². The first-order chi connectivity index (χ1) is 10.1. The number of anilines is 1. The van der Waals surface area contributed by atoms with Crippen LogP contribution in [0.5, 0.6) is 5.75 Å². The quantitative estimate of drug-likeness (QED) is 0.843. The van der Waals surface area contributed by atoms with Crippen molar-refractivity contribution in [3.8, 4) is 5.75 Å². The molecule has 0 spiro atoms. The first kappa shape index (κ1) is 15.7. The third-order valence-electron chi connectivity index (χ3n) is 4.55. The number of carboxylic acid groups (broad SMARTS) is 1. The molecule has 0 aliphatic heterocycles. The Labute approximate surface area is 126 Å². The molecule has 116 valence electrons. The molecule has 1 aliphatic rings. The number of carboxylic acids is 1. The topological polar surface area (TPSA) is 49.8 Å². The number of methoxy groups -OCH3 is 1. The van der Waals surface area contributed by atoms with E-state index in [2.05, 4.69) is 0 Å². The molecule has 0 atom stereocenters. The highest BCUT2D eigenvalue weighted by molar-refractivity contribution is 5.75. The van der Waals surface area contributed by atoms with Gasteiger partial charge in [0.25, 0.3) is 0 Å². The predicted octanol–water partition coefficient (Wildman–Crippen LogP) is 3.56. The van der Waals surface area contributed by atoms with Crippen LogP contribution in [0.4, 0.5) is 5.69 Å². The van der Waals surface area contributed by atoms with Crippen molar-refractivity contribution < 1.29 is 14.6 Å². The highest BCUT2D eigenvalue weighted by atomic mass is 16.5. The second-order valence-electron chi connectivity index (χ2n) is 6.06. The van der Waals surface area contributed by atoms with Crippen molar-refractivity contribution in [3.05, 3.63) is 24.3 Å². The first-order valence-corrected chi connectivity index (χ1v) is 7.66. The number of hydrogen-bond donors (Lipinski definition) is 1. The van der Waals surface area contributed by atoms with Crippen LogP contribution in [0.15, 0.2) is 24.3 Å². The van der Waals surface area contributed by atoms with Crippen molar-refractivity contribution in [3.63, 3.8) is 0 Å². The lowest BCUT2D eigenvalue weighted by Gasteiger charge is -2.33. The molecule has 2 rings (SSSR count). The van der Waals surface area contributed by atoms with Crippen molar-refractivity contribution in [2.75, 3.05) is 25.6 Å². The van der Waals surface area contributed by atoms with Gasteiger partial charge in [0.2, 0.25) is 0 Å². The van der Waals surface area contributed by atoms with E-state index in [1.54, 1.807) is 7.11 Å². The summed E-state index contributed by atoms with van der Waals surface area (Å²) in [6.45, 7) is 0.551. The average Bonchev–Trinajstić information content (AvgIpc) is 2.74. The van der Waals surface area contributed by atoms with E-state index in [-0.39, 0.29) is 0 Å². The summed E-state index contributed by atoms with van der Waals surface area (Å²) in [7, 11) is 3.60. The Balaban J connectivity index is 2.17. The fraction of sp³-hybridized carbons (Fsp3) is 0.588. The second kappa shape index (κ2) is 6.83. The summed E-state index contributed by atoms with van der Waals surface area (Å²) in [6.07, 6.45) is 5.87. The predicted molar refractivity (Wildman–Crippen MR) is 84.0 cm³/mol. The van der Waals surface area contributed by atoms with Gasteiger partial charge in [-0.3, -0.25) is 4.79 Å². The standard InChI is InChI=1S/C17H25NO3/c1-18(14-8-7-9-15(12-14)21-2)13-17(16(19)20)10-5-3-4-6-11-17/h7-9,12H,3-6,10-11,13H2,1-2H3,(H,19,20). The Bertz CT molecular complexity index is 479. The van der Waals surface area contributed by atoms with Gasteiger partial charge in [-0.2, -0.15) is 0 Å². The van der Waals surface area contributed by atoms with Crippen molar-refractivity contribution in [2.24, 2.45) is 5.41 Å². The summed E-state index contributed by atoms with van der Waals surface area (Å²) in [4.78, 5) is 13.9. The zero-order valence-electron chi connectivity index (χ0n) is 13.0. The molecule has 1 aliphatic carbocycles. The fourth-order valence-corrected chi connectivity index (χ4v) is 3.24. The summed E-state index contributed by atoms with van der Waals surface area (Å²) in [5, 5.41) is 9.76. The highest BCUT2D eigenvalue weighted by Gasteiger charge is 2.39. The van der Waals surface area contributed by atoms with Crippen molar-refractivity contribution in [2.45, 2.75) is 38.5 Å². The lowest BCUT2D eigenvalue weighted by atomic mass is 9.80. The van der Waals surface area contributed by atoms with Gasteiger partial charge in [-0.15, -0.1) is 0 Å². The monoisotopic (exact) mass is 291 g/mol. The molecule has 1 aromatic carbocycles. The smallest absolute Gasteiger partial charge is 0.311 e. The van der Waals surface area contributed by atoms with Crippen LogP contribution in [0.3, 0.4) is 0 Å². The number of benzene rings is 1. The fourth-order valence-electron chi connectivity index (χ4n) is 3.24. The zero-order valence-corrected chi connectivity index (χ0v) is 13.0. The summed E-state index contributed by atoms with van der Waals surface area (Å²) in [6, 6.07) is 7.78. The molecule has 1 saturated carbocycles. The van der Waals surface area contributed by atoms with Gasteiger partial charge in [0, 0.05) is 25.3 Å². The maximum absolute atomic E-state index is 11.9. The molecule has 1 aromatic rings. The average molecular weight is 291 g/mol. The van der Waals surface area contributed by atoms with Gasteiger partial charge < -0.3 is 14.7 Å². The highest BCUT2D eigenvalue weighted by Crippen LogP contribution is 2.37. The minimum Gasteiger partial charge on any atom is -0.497 e. The Morgan fingerprint density at radius 1 is 1.29 bits per heavy atom. The number of hydrogen-bond acceptors (Lipinski definition) is 3. The number of aliphatic carboxylic acids is 1. The van der Waals surface area contributed by atoms with Crippen molar-refractivity contribution in [1.29, 1.82) is 0 Å². The van der Waals surface area contributed by atoms with Crippen molar-refractivity contribution >= 4 is 11.7 Å². The molecule has 0 bridgehead atoms. The van der Waals surface area contributed by atoms with Gasteiger partial charge in [-0.25, -0.2) is 0 Å². The number of rotatable bonds is 5. The molecular formula is C17H25NO3. The summed E-state index contributed by atoms with van der Waals surface area (Å²) < 4.78 is 5.24. The second-order valence-corrected chi connectivity index (χ2v) is 6.06. The van der Waals surface area contributed by atoms with E-state index in [9.17, 15) is 9.90 Å². The molecule has 0 heterocycles. The third-order valence-corrected chi connectivity index (χ3v) is 4.55. The van der Waals surface area contributed by atoms with E-state index in [0.717, 1.165) is 50.0 Å².